The smallest absolute Gasteiger partial charge is 0.255 e. The van der Waals surface area contributed by atoms with Gasteiger partial charge in [0, 0.05) is 48.5 Å². The van der Waals surface area contributed by atoms with Crippen molar-refractivity contribution in [2.75, 3.05) is 19.6 Å². The minimum Gasteiger partial charge on any atom is -0.372 e. The van der Waals surface area contributed by atoms with Gasteiger partial charge >= 0.3 is 0 Å². The van der Waals surface area contributed by atoms with Crippen molar-refractivity contribution in [1.82, 2.24) is 14.8 Å². The third-order valence-corrected chi connectivity index (χ3v) is 7.16. The lowest BCUT2D eigenvalue weighted by molar-refractivity contribution is 0.0654. The number of rotatable bonds is 2. The number of carbonyl (C=O) groups excluding carboxylic acids is 1. The van der Waals surface area contributed by atoms with Crippen LogP contribution in [0.15, 0.2) is 48.7 Å². The number of allylic oxidation sites excluding steroid dienone is 1. The molecule has 1 saturated heterocycles. The number of nitrogens with zero attached hydrogens (tertiary/aromatic N) is 3. The third kappa shape index (κ3) is 3.75. The number of aromatic nitrogens is 1. The molecule has 5 heteroatoms. The topological polar surface area (TPSA) is 63.1 Å². The number of nitriles is 1. The van der Waals surface area contributed by atoms with Crippen LogP contribution in [-0.4, -0.2) is 45.9 Å². The summed E-state index contributed by atoms with van der Waals surface area (Å²) in [7, 11) is 0. The zero-order chi connectivity index (χ0) is 22.1. The Morgan fingerprint density at radius 2 is 2.06 bits per heavy atom. The van der Waals surface area contributed by atoms with Crippen LogP contribution in [-0.2, 0) is 0 Å². The van der Waals surface area contributed by atoms with E-state index in [1.54, 1.807) is 12.1 Å². The Hall–Kier alpha value is -3.26. The van der Waals surface area contributed by atoms with Gasteiger partial charge in [-0.2, -0.15) is 5.26 Å². The molecule has 1 aliphatic heterocycles. The summed E-state index contributed by atoms with van der Waals surface area (Å²) in [6.07, 6.45) is 13.9. The fourth-order valence-corrected chi connectivity index (χ4v) is 5.22. The molecule has 1 aromatic heterocycles. The highest BCUT2D eigenvalue weighted by Gasteiger charge is 2.52. The zero-order valence-corrected chi connectivity index (χ0v) is 18.7. The van der Waals surface area contributed by atoms with Crippen molar-refractivity contribution in [3.63, 3.8) is 0 Å². The molecule has 5 nitrogen and oxygen atoms in total. The van der Waals surface area contributed by atoms with Crippen LogP contribution in [0.3, 0.4) is 0 Å². The van der Waals surface area contributed by atoms with Crippen LogP contribution in [0.25, 0.3) is 11.8 Å². The predicted octanol–water partition coefficient (Wildman–Crippen LogP) is 3.14. The molecule has 2 aromatic rings. The predicted molar refractivity (Wildman–Crippen MR) is 126 cm³/mol. The van der Waals surface area contributed by atoms with Gasteiger partial charge in [0.1, 0.15) is 0 Å². The highest BCUT2D eigenvalue weighted by atomic mass is 16.2. The van der Waals surface area contributed by atoms with Crippen molar-refractivity contribution >= 4 is 17.7 Å². The largest absolute Gasteiger partial charge is 0.372 e. The number of aromatic amines is 1. The number of benzene rings is 1. The third-order valence-electron chi connectivity index (χ3n) is 7.16. The maximum Gasteiger partial charge on any atom is 0.255 e. The van der Waals surface area contributed by atoms with E-state index in [1.165, 1.54) is 16.3 Å². The molecule has 1 aromatic carbocycles. The number of fused-ring (bicyclic) bond motifs is 1. The lowest BCUT2D eigenvalue weighted by Crippen LogP contribution is -2.47. The molecule has 3 aliphatic rings. The molecule has 2 aliphatic carbocycles. The van der Waals surface area contributed by atoms with Gasteiger partial charge in [0.25, 0.3) is 5.91 Å². The Labute approximate surface area is 189 Å². The van der Waals surface area contributed by atoms with Crippen LogP contribution >= 0.6 is 0 Å². The summed E-state index contributed by atoms with van der Waals surface area (Å²) in [5.41, 5.74) is 2.22. The van der Waals surface area contributed by atoms with E-state index < -0.39 is 0 Å². The first kappa shape index (κ1) is 20.6. The standard InChI is InChI=1S/C27H30N4O/c1-20-6-4-9-25(23-12-15-29-24(23)11-10-20)30-16-5-17-31(27(19-30)13-14-27)26(32)22-8-3-2-7-21(22)18-28/h2-4,6-8,11-12,15,20,29H,5,9-10,13-14,16-17,19H2,1H3. The second-order valence-corrected chi connectivity index (χ2v) is 9.41. The van der Waals surface area contributed by atoms with Gasteiger partial charge in [-0.15, -0.1) is 0 Å². The maximum atomic E-state index is 13.5. The molecule has 1 N–H and O–H groups in total. The molecule has 0 radical (unpaired) electrons. The van der Waals surface area contributed by atoms with Gasteiger partial charge in [-0.25, -0.2) is 0 Å². The van der Waals surface area contributed by atoms with Crippen LogP contribution in [0, 0.1) is 17.2 Å². The Morgan fingerprint density at radius 3 is 2.88 bits per heavy atom. The monoisotopic (exact) mass is 426 g/mol. The van der Waals surface area contributed by atoms with Gasteiger partial charge in [0.05, 0.1) is 22.7 Å². The van der Waals surface area contributed by atoms with E-state index >= 15 is 0 Å². The molecular weight excluding hydrogens is 396 g/mol. The van der Waals surface area contributed by atoms with Crippen molar-refractivity contribution < 1.29 is 4.79 Å². The van der Waals surface area contributed by atoms with E-state index in [0.29, 0.717) is 17.0 Å². The summed E-state index contributed by atoms with van der Waals surface area (Å²) >= 11 is 0. The summed E-state index contributed by atoms with van der Waals surface area (Å²) in [4.78, 5) is 21.6. The molecule has 1 amide bonds. The Balaban J connectivity index is 1.49. The molecule has 2 heterocycles. The average molecular weight is 427 g/mol. The molecule has 164 valence electrons. The highest BCUT2D eigenvalue weighted by molar-refractivity contribution is 5.97. The molecule has 2 fully saturated rings. The van der Waals surface area contributed by atoms with E-state index in [1.807, 2.05) is 18.3 Å². The van der Waals surface area contributed by atoms with Crippen molar-refractivity contribution in [2.45, 2.75) is 44.6 Å². The number of hydrogen-bond donors (Lipinski definition) is 1. The molecular formula is C27H30N4O. The molecule has 32 heavy (non-hydrogen) atoms. The molecule has 1 saturated carbocycles. The van der Waals surface area contributed by atoms with Crippen LogP contribution in [0.5, 0.6) is 0 Å². The maximum absolute atomic E-state index is 13.5. The first-order valence-electron chi connectivity index (χ1n) is 11.7. The molecule has 0 bridgehead atoms. The van der Waals surface area contributed by atoms with E-state index in [0.717, 1.165) is 51.7 Å². The molecule has 1 spiro atoms. The fourth-order valence-electron chi connectivity index (χ4n) is 5.22. The molecule has 1 unspecified atom stereocenters. The number of carbonyl (C=O) groups is 1. The molecule has 1 atom stereocenters. The van der Waals surface area contributed by atoms with Crippen LogP contribution in [0.2, 0.25) is 0 Å². The van der Waals surface area contributed by atoms with E-state index in [-0.39, 0.29) is 11.4 Å². The van der Waals surface area contributed by atoms with Crippen LogP contribution in [0.1, 0.15) is 54.9 Å². The van der Waals surface area contributed by atoms with Gasteiger partial charge in [-0.05, 0) is 49.8 Å². The van der Waals surface area contributed by atoms with Crippen molar-refractivity contribution in [3.8, 4) is 6.07 Å². The number of amides is 1. The lowest BCUT2D eigenvalue weighted by Gasteiger charge is -2.34. The summed E-state index contributed by atoms with van der Waals surface area (Å²) in [5, 5.41) is 12.0. The highest BCUT2D eigenvalue weighted by Crippen LogP contribution is 2.45. The SMILES string of the molecule is CC1C=CCC(N2CCCN(C(=O)c3ccccc3C#N)C3(CC3)C2)=c2cc[nH]c2=CC1. The fraction of sp³-hybridized carbons (Fsp3) is 0.407. The van der Waals surface area contributed by atoms with E-state index in [4.69, 9.17) is 0 Å². The molecule has 5 rings (SSSR count). The Morgan fingerprint density at radius 1 is 1.22 bits per heavy atom. The van der Waals surface area contributed by atoms with Crippen molar-refractivity contribution in [1.29, 1.82) is 5.26 Å². The zero-order valence-electron chi connectivity index (χ0n) is 18.7. The second-order valence-electron chi connectivity index (χ2n) is 9.41. The number of nitrogens with one attached hydrogen (secondary N) is 1. The van der Waals surface area contributed by atoms with E-state index in [9.17, 15) is 10.1 Å². The summed E-state index contributed by atoms with van der Waals surface area (Å²) < 4.78 is 0. The summed E-state index contributed by atoms with van der Waals surface area (Å²) in [5.74, 6) is 0.531. The number of hydrogen-bond acceptors (Lipinski definition) is 3. The quantitative estimate of drug-likeness (QED) is 0.751. The first-order valence-corrected chi connectivity index (χ1v) is 11.7. The van der Waals surface area contributed by atoms with Gasteiger partial charge < -0.3 is 14.8 Å². The summed E-state index contributed by atoms with van der Waals surface area (Å²) in [6, 6.07) is 11.6. The van der Waals surface area contributed by atoms with Crippen LogP contribution in [0.4, 0.5) is 0 Å². The van der Waals surface area contributed by atoms with E-state index in [2.05, 4.69) is 52.1 Å². The summed E-state index contributed by atoms with van der Waals surface area (Å²) in [6.45, 7) is 4.79. The van der Waals surface area contributed by atoms with Gasteiger partial charge in [-0.1, -0.05) is 37.3 Å². The minimum atomic E-state index is -0.126. The normalized spacial score (nSPS) is 22.1. The minimum absolute atomic E-state index is 0.00496. The van der Waals surface area contributed by atoms with Gasteiger partial charge in [0.15, 0.2) is 0 Å². The average Bonchev–Trinajstić information content (AvgIpc) is 3.47. The first-order chi connectivity index (χ1) is 15.6. The van der Waals surface area contributed by atoms with Gasteiger partial charge in [0.2, 0.25) is 0 Å². The number of H-pyrrole nitrogens is 1. The second kappa shape index (κ2) is 8.35. The van der Waals surface area contributed by atoms with Gasteiger partial charge in [-0.3, -0.25) is 4.79 Å². The van der Waals surface area contributed by atoms with Crippen molar-refractivity contribution in [3.05, 3.63) is 70.4 Å². The lowest BCUT2D eigenvalue weighted by atomic mass is 10.1. The Bertz CT molecular complexity index is 1210. The van der Waals surface area contributed by atoms with Crippen LogP contribution < -0.4 is 10.6 Å². The Kier molecular flexibility index (Phi) is 5.38. The van der Waals surface area contributed by atoms with Crippen molar-refractivity contribution in [2.24, 2.45) is 5.92 Å².